The van der Waals surface area contributed by atoms with E-state index in [4.69, 9.17) is 12.2 Å². The highest BCUT2D eigenvalue weighted by molar-refractivity contribution is 8.26. The lowest BCUT2D eigenvalue weighted by Crippen LogP contribution is -2.44. The first kappa shape index (κ1) is 19.5. The van der Waals surface area contributed by atoms with Gasteiger partial charge in [0.25, 0.3) is 15.9 Å². The van der Waals surface area contributed by atoms with E-state index in [-0.39, 0.29) is 9.22 Å². The smallest absolute Gasteiger partial charge is 0.267 e. The Balaban J connectivity index is 1.80. The molecule has 0 bridgehead atoms. The SMILES string of the molecule is CC(/C=C1\SC(=S)N(NS(=O)(=O)c2ccccc2)C1=O)=C\c1ccccc1. The summed E-state index contributed by atoms with van der Waals surface area (Å²) in [5.41, 5.74) is 1.86. The Morgan fingerprint density at radius 3 is 2.30 bits per heavy atom. The van der Waals surface area contributed by atoms with Crippen LogP contribution in [0.15, 0.2) is 82.1 Å². The fraction of sp³-hybridized carbons (Fsp3) is 0.0526. The zero-order valence-corrected chi connectivity index (χ0v) is 16.8. The summed E-state index contributed by atoms with van der Waals surface area (Å²) < 4.78 is 25.0. The number of thioether (sulfide) groups is 1. The first-order chi connectivity index (χ1) is 12.9. The van der Waals surface area contributed by atoms with Gasteiger partial charge in [-0.25, -0.2) is 13.4 Å². The van der Waals surface area contributed by atoms with Crippen LogP contribution in [0.5, 0.6) is 0 Å². The van der Waals surface area contributed by atoms with E-state index in [1.165, 1.54) is 12.1 Å². The second kappa shape index (κ2) is 8.18. The van der Waals surface area contributed by atoms with Crippen molar-refractivity contribution in [2.75, 3.05) is 0 Å². The fourth-order valence-corrected chi connectivity index (χ4v) is 4.76. The van der Waals surface area contributed by atoms with Crippen molar-refractivity contribution in [3.63, 3.8) is 0 Å². The minimum atomic E-state index is -3.90. The van der Waals surface area contributed by atoms with Crippen LogP contribution >= 0.6 is 24.0 Å². The van der Waals surface area contributed by atoms with Crippen LogP contribution in [0.3, 0.4) is 0 Å². The average Bonchev–Trinajstić information content (AvgIpc) is 2.90. The van der Waals surface area contributed by atoms with Crippen LogP contribution in [0.25, 0.3) is 6.08 Å². The summed E-state index contributed by atoms with van der Waals surface area (Å²) in [4.78, 5) is 15.3. The highest BCUT2D eigenvalue weighted by Gasteiger charge is 2.35. The molecule has 27 heavy (non-hydrogen) atoms. The number of sulfonamides is 1. The van der Waals surface area contributed by atoms with Gasteiger partial charge >= 0.3 is 0 Å². The van der Waals surface area contributed by atoms with E-state index < -0.39 is 15.9 Å². The maximum Gasteiger partial charge on any atom is 0.281 e. The molecule has 0 aliphatic carbocycles. The Kier molecular flexibility index (Phi) is 5.91. The molecular formula is C19H16N2O3S3. The van der Waals surface area contributed by atoms with Gasteiger partial charge in [0.05, 0.1) is 9.80 Å². The van der Waals surface area contributed by atoms with Crippen molar-refractivity contribution < 1.29 is 13.2 Å². The molecule has 3 rings (SSSR count). The Morgan fingerprint density at radius 2 is 1.67 bits per heavy atom. The molecule has 5 nitrogen and oxygen atoms in total. The molecule has 1 aliphatic rings. The second-order valence-electron chi connectivity index (χ2n) is 5.72. The van der Waals surface area contributed by atoms with Crippen LogP contribution in [0, 0.1) is 0 Å². The number of benzene rings is 2. The van der Waals surface area contributed by atoms with Gasteiger partial charge in [-0.05, 0) is 36.3 Å². The third-order valence-electron chi connectivity index (χ3n) is 3.61. The molecule has 0 spiro atoms. The first-order valence-electron chi connectivity index (χ1n) is 7.95. The molecule has 0 saturated carbocycles. The van der Waals surface area contributed by atoms with E-state index in [1.54, 1.807) is 24.3 Å². The number of rotatable bonds is 5. The highest BCUT2D eigenvalue weighted by atomic mass is 32.2. The van der Waals surface area contributed by atoms with Gasteiger partial charge < -0.3 is 0 Å². The summed E-state index contributed by atoms with van der Waals surface area (Å²) in [5, 5.41) is 0.893. The third kappa shape index (κ3) is 4.72. The van der Waals surface area contributed by atoms with E-state index in [9.17, 15) is 13.2 Å². The van der Waals surface area contributed by atoms with Gasteiger partial charge in [0.1, 0.15) is 0 Å². The summed E-state index contributed by atoms with van der Waals surface area (Å²) in [6.07, 6.45) is 3.63. The predicted octanol–water partition coefficient (Wildman–Crippen LogP) is 3.73. The summed E-state index contributed by atoms with van der Waals surface area (Å²) in [7, 11) is -3.90. The molecule has 0 unspecified atom stereocenters. The van der Waals surface area contributed by atoms with E-state index in [0.717, 1.165) is 27.9 Å². The summed E-state index contributed by atoms with van der Waals surface area (Å²) in [5.74, 6) is -0.495. The number of amides is 1. The van der Waals surface area contributed by atoms with Gasteiger partial charge in [0.15, 0.2) is 4.32 Å². The highest BCUT2D eigenvalue weighted by Crippen LogP contribution is 2.31. The molecule has 1 fully saturated rings. The lowest BCUT2D eigenvalue weighted by atomic mass is 10.1. The number of carbonyl (C=O) groups excluding carboxylic acids is 1. The molecule has 8 heteroatoms. The third-order valence-corrected chi connectivity index (χ3v) is 6.23. The Morgan fingerprint density at radius 1 is 1.07 bits per heavy atom. The summed E-state index contributed by atoms with van der Waals surface area (Å²) >= 11 is 6.23. The molecule has 1 saturated heterocycles. The Bertz CT molecular complexity index is 1030. The first-order valence-corrected chi connectivity index (χ1v) is 10.7. The van der Waals surface area contributed by atoms with E-state index in [2.05, 4.69) is 4.83 Å². The quantitative estimate of drug-likeness (QED) is 0.594. The van der Waals surface area contributed by atoms with Crippen molar-refractivity contribution in [3.05, 3.63) is 82.8 Å². The molecule has 0 atom stereocenters. The molecule has 1 heterocycles. The number of nitrogens with zero attached hydrogens (tertiary/aromatic N) is 1. The van der Waals surface area contributed by atoms with E-state index in [1.807, 2.05) is 43.3 Å². The molecule has 1 N–H and O–H groups in total. The van der Waals surface area contributed by atoms with Crippen molar-refractivity contribution >= 4 is 50.3 Å². The number of allylic oxidation sites excluding steroid dienone is 2. The van der Waals surface area contributed by atoms with Gasteiger partial charge in [-0.2, -0.15) is 0 Å². The van der Waals surface area contributed by atoms with Gasteiger partial charge in [-0.1, -0.05) is 78.6 Å². The number of hydrazine groups is 1. The number of thiocarbonyl (C=S) groups is 1. The van der Waals surface area contributed by atoms with Gasteiger partial charge in [-0.3, -0.25) is 4.79 Å². The molecule has 1 amide bonds. The Labute approximate surface area is 167 Å². The molecule has 0 radical (unpaired) electrons. The maximum absolute atomic E-state index is 12.6. The van der Waals surface area contributed by atoms with E-state index >= 15 is 0 Å². The molecule has 1 aliphatic heterocycles. The van der Waals surface area contributed by atoms with Crippen LogP contribution in [0.1, 0.15) is 12.5 Å². The topological polar surface area (TPSA) is 66.5 Å². The lowest BCUT2D eigenvalue weighted by Gasteiger charge is -2.15. The minimum Gasteiger partial charge on any atom is -0.267 e. The van der Waals surface area contributed by atoms with Gasteiger partial charge in [0.2, 0.25) is 0 Å². The van der Waals surface area contributed by atoms with Crippen LogP contribution < -0.4 is 4.83 Å². The fourth-order valence-electron chi connectivity index (χ4n) is 2.38. The summed E-state index contributed by atoms with van der Waals surface area (Å²) in [6, 6.07) is 17.5. The van der Waals surface area contributed by atoms with Crippen molar-refractivity contribution in [1.29, 1.82) is 0 Å². The minimum absolute atomic E-state index is 0.0585. The largest absolute Gasteiger partial charge is 0.281 e. The number of hydrogen-bond donors (Lipinski definition) is 1. The maximum atomic E-state index is 12.6. The second-order valence-corrected chi connectivity index (χ2v) is 9.06. The zero-order valence-electron chi connectivity index (χ0n) is 14.3. The summed E-state index contributed by atoms with van der Waals surface area (Å²) in [6.45, 7) is 1.87. The standard InChI is InChI=1S/C19H16N2O3S3/c1-14(12-15-8-4-2-5-9-15)13-17-18(22)21(19(25)26-17)20-27(23,24)16-10-6-3-7-11-16/h2-13,20H,1H3/b14-12+,17-13-. The van der Waals surface area contributed by atoms with E-state index in [0.29, 0.717) is 4.91 Å². The van der Waals surface area contributed by atoms with Crippen LogP contribution in [0.4, 0.5) is 0 Å². The van der Waals surface area contributed by atoms with Crippen LogP contribution in [0.2, 0.25) is 0 Å². The zero-order chi connectivity index (χ0) is 19.4. The molecule has 2 aromatic carbocycles. The van der Waals surface area contributed by atoms with Gasteiger partial charge in [-0.15, -0.1) is 4.83 Å². The molecule has 138 valence electrons. The predicted molar refractivity (Wildman–Crippen MR) is 112 cm³/mol. The van der Waals surface area contributed by atoms with Crippen LogP contribution in [-0.2, 0) is 14.8 Å². The number of carbonyl (C=O) groups is 1. The van der Waals surface area contributed by atoms with Gasteiger partial charge in [0, 0.05) is 0 Å². The lowest BCUT2D eigenvalue weighted by molar-refractivity contribution is -0.123. The van der Waals surface area contributed by atoms with Crippen molar-refractivity contribution in [3.8, 4) is 0 Å². The Hall–Kier alpha value is -2.26. The van der Waals surface area contributed by atoms with Crippen molar-refractivity contribution in [2.24, 2.45) is 0 Å². The normalized spacial score (nSPS) is 17.0. The number of nitrogens with one attached hydrogen (secondary N) is 1. The van der Waals surface area contributed by atoms with Crippen molar-refractivity contribution in [2.45, 2.75) is 11.8 Å². The molecular weight excluding hydrogens is 400 g/mol. The number of hydrogen-bond acceptors (Lipinski definition) is 5. The average molecular weight is 417 g/mol. The van der Waals surface area contributed by atoms with Crippen LogP contribution in [-0.4, -0.2) is 23.7 Å². The molecule has 2 aromatic rings. The molecule has 0 aromatic heterocycles. The van der Waals surface area contributed by atoms with Crippen molar-refractivity contribution in [1.82, 2.24) is 9.84 Å². The monoisotopic (exact) mass is 416 g/mol.